The fourth-order valence-electron chi connectivity index (χ4n) is 3.78. The van der Waals surface area contributed by atoms with Crippen molar-refractivity contribution < 1.29 is 9.59 Å². The first kappa shape index (κ1) is 17.5. The van der Waals surface area contributed by atoms with E-state index in [1.54, 1.807) is 11.8 Å². The number of carbonyl (C=O) groups excluding carboxylic acids is 2. The minimum Gasteiger partial charge on any atom is -0.346 e. The largest absolute Gasteiger partial charge is 0.346 e. The van der Waals surface area contributed by atoms with Crippen LogP contribution in [0.5, 0.6) is 0 Å². The van der Waals surface area contributed by atoms with Gasteiger partial charge in [0.2, 0.25) is 11.8 Å². The molecule has 0 bridgehead atoms. The Hall–Kier alpha value is -2.88. The quantitative estimate of drug-likeness (QED) is 0.870. The van der Waals surface area contributed by atoms with Gasteiger partial charge in [-0.1, -0.05) is 0 Å². The summed E-state index contributed by atoms with van der Waals surface area (Å²) in [5.74, 6) is 0.381. The van der Waals surface area contributed by atoms with E-state index in [1.165, 1.54) is 0 Å². The second-order valence-corrected chi connectivity index (χ2v) is 7.55. The Morgan fingerprint density at radius 2 is 2.07 bits per heavy atom. The smallest absolute Gasteiger partial charge is 0.239 e. The Bertz CT molecular complexity index is 916. The van der Waals surface area contributed by atoms with Crippen LogP contribution in [-0.4, -0.2) is 39.8 Å². The van der Waals surface area contributed by atoms with Crippen LogP contribution in [0, 0.1) is 23.2 Å². The van der Waals surface area contributed by atoms with E-state index in [4.69, 9.17) is 5.26 Å². The number of piperidine rings is 1. The number of pyridine rings is 1. The molecule has 2 aliphatic rings. The SMILES string of the molecule is CC(C#N)C(=O)N1CCC(c2cc(NC(=O)C3CC3)nc3[nH]ccc23)CC1. The van der Waals surface area contributed by atoms with Gasteiger partial charge in [0.1, 0.15) is 17.4 Å². The molecule has 1 aliphatic heterocycles. The number of likely N-dealkylation sites (tertiary alicyclic amines) is 1. The predicted molar refractivity (Wildman–Crippen MR) is 101 cm³/mol. The standard InChI is InChI=1S/C20H23N5O2/c1-12(11-21)20(27)25-8-5-13(6-9-25)16-10-17(24-19(26)14-2-3-14)23-18-15(16)4-7-22-18/h4,7,10,12-14H,2-3,5-6,8-9H2,1H3,(H2,22,23,24,26). The zero-order valence-electron chi connectivity index (χ0n) is 15.4. The molecule has 7 heteroatoms. The highest BCUT2D eigenvalue weighted by molar-refractivity contribution is 5.94. The number of carbonyl (C=O) groups is 2. The fraction of sp³-hybridized carbons (Fsp3) is 0.500. The molecular formula is C20H23N5O2. The van der Waals surface area contributed by atoms with Crippen molar-refractivity contribution in [3.05, 3.63) is 23.9 Å². The molecule has 27 heavy (non-hydrogen) atoms. The monoisotopic (exact) mass is 365 g/mol. The van der Waals surface area contributed by atoms with Gasteiger partial charge in [-0.2, -0.15) is 5.26 Å². The van der Waals surface area contributed by atoms with E-state index in [0.717, 1.165) is 42.3 Å². The van der Waals surface area contributed by atoms with Gasteiger partial charge in [-0.05, 0) is 56.2 Å². The summed E-state index contributed by atoms with van der Waals surface area (Å²) >= 11 is 0. The summed E-state index contributed by atoms with van der Waals surface area (Å²) in [6, 6.07) is 6.02. The Kier molecular flexibility index (Phi) is 4.56. The Morgan fingerprint density at radius 1 is 1.33 bits per heavy atom. The van der Waals surface area contributed by atoms with Crippen molar-refractivity contribution in [2.45, 2.75) is 38.5 Å². The van der Waals surface area contributed by atoms with Crippen molar-refractivity contribution in [1.29, 1.82) is 5.26 Å². The summed E-state index contributed by atoms with van der Waals surface area (Å²) in [5.41, 5.74) is 1.93. The predicted octanol–water partition coefficient (Wildman–Crippen LogP) is 2.78. The molecule has 1 saturated heterocycles. The lowest BCUT2D eigenvalue weighted by Gasteiger charge is -2.33. The number of hydrogen-bond acceptors (Lipinski definition) is 4. The van der Waals surface area contributed by atoms with E-state index in [-0.39, 0.29) is 17.7 Å². The molecule has 2 aromatic rings. The Balaban J connectivity index is 1.53. The zero-order chi connectivity index (χ0) is 19.0. The number of aromatic nitrogens is 2. The van der Waals surface area contributed by atoms with Gasteiger partial charge in [0.15, 0.2) is 0 Å². The van der Waals surface area contributed by atoms with Crippen molar-refractivity contribution in [3.63, 3.8) is 0 Å². The van der Waals surface area contributed by atoms with E-state index < -0.39 is 5.92 Å². The van der Waals surface area contributed by atoms with Gasteiger partial charge in [0.25, 0.3) is 0 Å². The van der Waals surface area contributed by atoms with Crippen LogP contribution in [0.15, 0.2) is 18.3 Å². The zero-order valence-corrected chi connectivity index (χ0v) is 15.4. The van der Waals surface area contributed by atoms with Gasteiger partial charge in [-0.25, -0.2) is 4.98 Å². The molecule has 2 amide bonds. The highest BCUT2D eigenvalue weighted by atomic mass is 16.2. The van der Waals surface area contributed by atoms with Gasteiger partial charge in [-0.3, -0.25) is 9.59 Å². The van der Waals surface area contributed by atoms with Crippen LogP contribution < -0.4 is 5.32 Å². The van der Waals surface area contributed by atoms with Crippen molar-refractivity contribution in [3.8, 4) is 6.07 Å². The number of rotatable bonds is 4. The summed E-state index contributed by atoms with van der Waals surface area (Å²) < 4.78 is 0. The molecule has 1 unspecified atom stereocenters. The lowest BCUT2D eigenvalue weighted by atomic mass is 9.87. The van der Waals surface area contributed by atoms with E-state index in [2.05, 4.69) is 15.3 Å². The number of nitriles is 1. The van der Waals surface area contributed by atoms with E-state index in [9.17, 15) is 9.59 Å². The number of aromatic amines is 1. The minimum absolute atomic E-state index is 0.0465. The maximum Gasteiger partial charge on any atom is 0.239 e. The molecule has 2 N–H and O–H groups in total. The van der Waals surface area contributed by atoms with Crippen LogP contribution in [0.2, 0.25) is 0 Å². The van der Waals surface area contributed by atoms with Gasteiger partial charge < -0.3 is 15.2 Å². The van der Waals surface area contributed by atoms with E-state index in [1.807, 2.05) is 24.4 Å². The maximum atomic E-state index is 12.2. The summed E-state index contributed by atoms with van der Waals surface area (Å²) in [6.07, 6.45) is 5.45. The second-order valence-electron chi connectivity index (χ2n) is 7.55. The Labute approximate surface area is 157 Å². The van der Waals surface area contributed by atoms with Crippen LogP contribution in [0.4, 0.5) is 5.82 Å². The molecule has 0 aromatic carbocycles. The molecule has 0 radical (unpaired) electrons. The molecule has 7 nitrogen and oxygen atoms in total. The molecule has 0 spiro atoms. The van der Waals surface area contributed by atoms with Crippen molar-refractivity contribution in [2.24, 2.45) is 11.8 Å². The first-order valence-electron chi connectivity index (χ1n) is 9.54. The van der Waals surface area contributed by atoms with Crippen molar-refractivity contribution in [2.75, 3.05) is 18.4 Å². The summed E-state index contributed by atoms with van der Waals surface area (Å²) in [7, 11) is 0. The van der Waals surface area contributed by atoms with Crippen LogP contribution in [0.25, 0.3) is 11.0 Å². The average Bonchev–Trinajstić information content (AvgIpc) is 3.44. The van der Waals surface area contributed by atoms with Crippen LogP contribution in [-0.2, 0) is 9.59 Å². The normalized spacial score (nSPS) is 18.9. The number of nitrogens with one attached hydrogen (secondary N) is 2. The number of hydrogen-bond donors (Lipinski definition) is 2. The maximum absolute atomic E-state index is 12.2. The van der Waals surface area contributed by atoms with Gasteiger partial charge in [0.05, 0.1) is 6.07 Å². The average molecular weight is 365 g/mol. The van der Waals surface area contributed by atoms with Gasteiger partial charge in [0, 0.05) is 30.6 Å². The van der Waals surface area contributed by atoms with E-state index in [0.29, 0.717) is 24.8 Å². The number of nitrogens with zero attached hydrogens (tertiary/aromatic N) is 3. The number of anilines is 1. The summed E-state index contributed by atoms with van der Waals surface area (Å²) in [6.45, 7) is 2.94. The highest BCUT2D eigenvalue weighted by Gasteiger charge is 2.31. The lowest BCUT2D eigenvalue weighted by Crippen LogP contribution is -2.40. The van der Waals surface area contributed by atoms with Crippen molar-refractivity contribution >= 4 is 28.7 Å². The lowest BCUT2D eigenvalue weighted by molar-refractivity contribution is -0.134. The molecule has 2 aromatic heterocycles. The molecule has 3 heterocycles. The number of fused-ring (bicyclic) bond motifs is 1. The number of H-pyrrole nitrogens is 1. The second kappa shape index (κ2) is 7.03. The molecular weight excluding hydrogens is 342 g/mol. The summed E-state index contributed by atoms with van der Waals surface area (Å²) in [5, 5.41) is 13.0. The van der Waals surface area contributed by atoms with Gasteiger partial charge in [-0.15, -0.1) is 0 Å². The minimum atomic E-state index is -0.594. The topological polar surface area (TPSA) is 102 Å². The third-order valence-corrected chi connectivity index (χ3v) is 5.57. The molecule has 2 fully saturated rings. The van der Waals surface area contributed by atoms with Crippen molar-refractivity contribution in [1.82, 2.24) is 14.9 Å². The van der Waals surface area contributed by atoms with Gasteiger partial charge >= 0.3 is 0 Å². The van der Waals surface area contributed by atoms with Crippen LogP contribution in [0.3, 0.4) is 0 Å². The third-order valence-electron chi connectivity index (χ3n) is 5.57. The highest BCUT2D eigenvalue weighted by Crippen LogP contribution is 2.35. The first-order valence-corrected chi connectivity index (χ1v) is 9.54. The first-order chi connectivity index (χ1) is 13.1. The molecule has 140 valence electrons. The molecule has 1 saturated carbocycles. The van der Waals surface area contributed by atoms with Crippen LogP contribution >= 0.6 is 0 Å². The van der Waals surface area contributed by atoms with E-state index >= 15 is 0 Å². The fourth-order valence-corrected chi connectivity index (χ4v) is 3.78. The molecule has 1 atom stereocenters. The summed E-state index contributed by atoms with van der Waals surface area (Å²) in [4.78, 5) is 33.8. The number of amides is 2. The molecule has 1 aliphatic carbocycles. The third kappa shape index (κ3) is 3.52. The van der Waals surface area contributed by atoms with Crippen LogP contribution in [0.1, 0.15) is 44.1 Å². The Morgan fingerprint density at radius 3 is 2.74 bits per heavy atom. The molecule has 4 rings (SSSR count).